The third-order valence-electron chi connectivity index (χ3n) is 1.44. The van der Waals surface area contributed by atoms with Crippen molar-refractivity contribution in [3.8, 4) is 6.07 Å². The number of halogens is 3. The van der Waals surface area contributed by atoms with Crippen LogP contribution in [0.25, 0.3) is 0 Å². The summed E-state index contributed by atoms with van der Waals surface area (Å²) in [6.45, 7) is 0. The van der Waals surface area contributed by atoms with Gasteiger partial charge in [-0.05, 0) is 27.6 Å². The standard InChI is InChI=1S/C8H5BrF2N2/c9-7-5(3-4-12)1-2-6(13-7)8(10)11/h1-2,8H,3H2. The van der Waals surface area contributed by atoms with E-state index in [1.54, 1.807) is 0 Å². The summed E-state index contributed by atoms with van der Waals surface area (Å²) >= 11 is 3.02. The van der Waals surface area contributed by atoms with Gasteiger partial charge in [0.25, 0.3) is 6.43 Å². The lowest BCUT2D eigenvalue weighted by Crippen LogP contribution is -1.94. The van der Waals surface area contributed by atoms with Gasteiger partial charge >= 0.3 is 0 Å². The lowest BCUT2D eigenvalue weighted by atomic mass is 10.2. The van der Waals surface area contributed by atoms with Crippen LogP contribution in [0.5, 0.6) is 0 Å². The first kappa shape index (κ1) is 10.1. The zero-order chi connectivity index (χ0) is 9.84. The SMILES string of the molecule is N#CCc1ccc(C(F)F)nc1Br. The smallest absolute Gasteiger partial charge is 0.240 e. The van der Waals surface area contributed by atoms with Gasteiger partial charge < -0.3 is 0 Å². The maximum Gasteiger partial charge on any atom is 0.280 e. The van der Waals surface area contributed by atoms with Crippen LogP contribution in [0.2, 0.25) is 0 Å². The topological polar surface area (TPSA) is 36.7 Å². The fraction of sp³-hybridized carbons (Fsp3) is 0.250. The van der Waals surface area contributed by atoms with Gasteiger partial charge in [-0.15, -0.1) is 0 Å². The van der Waals surface area contributed by atoms with Crippen molar-refractivity contribution in [1.82, 2.24) is 4.98 Å². The van der Waals surface area contributed by atoms with Gasteiger partial charge in [0.1, 0.15) is 10.3 Å². The van der Waals surface area contributed by atoms with Gasteiger partial charge in [0, 0.05) is 0 Å². The Kier molecular flexibility index (Phi) is 3.32. The quantitative estimate of drug-likeness (QED) is 0.753. The Morgan fingerprint density at radius 3 is 2.69 bits per heavy atom. The molecule has 0 spiro atoms. The number of alkyl halides is 2. The molecular formula is C8H5BrF2N2. The van der Waals surface area contributed by atoms with Crippen molar-refractivity contribution in [2.45, 2.75) is 12.8 Å². The fourth-order valence-corrected chi connectivity index (χ4v) is 1.29. The number of hydrogen-bond donors (Lipinski definition) is 0. The number of nitriles is 1. The summed E-state index contributed by atoms with van der Waals surface area (Å²) in [7, 11) is 0. The van der Waals surface area contributed by atoms with Crippen molar-refractivity contribution in [2.75, 3.05) is 0 Å². The molecule has 0 saturated heterocycles. The normalized spacial score (nSPS) is 10.1. The molecule has 0 aliphatic carbocycles. The van der Waals surface area contributed by atoms with Gasteiger partial charge in [0.15, 0.2) is 0 Å². The molecule has 0 radical (unpaired) electrons. The molecule has 1 aromatic heterocycles. The number of hydrogen-bond acceptors (Lipinski definition) is 2. The monoisotopic (exact) mass is 246 g/mol. The highest BCUT2D eigenvalue weighted by Gasteiger charge is 2.10. The molecule has 0 N–H and O–H groups in total. The fourth-order valence-electron chi connectivity index (χ4n) is 0.816. The van der Waals surface area contributed by atoms with E-state index in [1.165, 1.54) is 12.1 Å². The Balaban J connectivity index is 3.00. The highest BCUT2D eigenvalue weighted by Crippen LogP contribution is 2.21. The lowest BCUT2D eigenvalue weighted by Gasteiger charge is -2.02. The van der Waals surface area contributed by atoms with E-state index in [2.05, 4.69) is 20.9 Å². The molecule has 0 aliphatic rings. The molecule has 0 unspecified atom stereocenters. The molecule has 0 bridgehead atoms. The molecule has 0 saturated carbocycles. The van der Waals surface area contributed by atoms with Gasteiger partial charge in [0.2, 0.25) is 0 Å². The third-order valence-corrected chi connectivity index (χ3v) is 2.13. The molecule has 0 aliphatic heterocycles. The molecule has 13 heavy (non-hydrogen) atoms. The lowest BCUT2D eigenvalue weighted by molar-refractivity contribution is 0.146. The van der Waals surface area contributed by atoms with Crippen LogP contribution in [0, 0.1) is 11.3 Å². The number of nitrogens with zero attached hydrogens (tertiary/aromatic N) is 2. The van der Waals surface area contributed by atoms with Gasteiger partial charge in [-0.1, -0.05) is 6.07 Å². The van der Waals surface area contributed by atoms with Crippen LogP contribution in [-0.4, -0.2) is 4.98 Å². The summed E-state index contributed by atoms with van der Waals surface area (Å²) in [6.07, 6.45) is -2.41. The van der Waals surface area contributed by atoms with Crippen molar-refractivity contribution >= 4 is 15.9 Å². The van der Waals surface area contributed by atoms with E-state index in [-0.39, 0.29) is 12.1 Å². The molecule has 68 valence electrons. The second-order valence-electron chi connectivity index (χ2n) is 2.32. The average molecular weight is 247 g/mol. The Morgan fingerprint density at radius 2 is 2.23 bits per heavy atom. The molecule has 0 amide bonds. The van der Waals surface area contributed by atoms with Gasteiger partial charge in [-0.25, -0.2) is 13.8 Å². The molecule has 1 aromatic rings. The van der Waals surface area contributed by atoms with Crippen LogP contribution >= 0.6 is 15.9 Å². The number of rotatable bonds is 2. The highest BCUT2D eigenvalue weighted by atomic mass is 79.9. The summed E-state index contributed by atoms with van der Waals surface area (Å²) in [5, 5.41) is 8.38. The first-order valence-electron chi connectivity index (χ1n) is 3.45. The van der Waals surface area contributed by atoms with E-state index in [0.717, 1.165) is 0 Å². The molecule has 2 nitrogen and oxygen atoms in total. The summed E-state index contributed by atoms with van der Waals surface area (Å²) in [5.41, 5.74) is 0.334. The van der Waals surface area contributed by atoms with Crippen molar-refractivity contribution in [3.05, 3.63) is 28.0 Å². The minimum atomic E-state index is -2.58. The first-order chi connectivity index (χ1) is 6.15. The minimum absolute atomic E-state index is 0.164. The van der Waals surface area contributed by atoms with E-state index < -0.39 is 6.43 Å². The molecule has 0 aromatic carbocycles. The minimum Gasteiger partial charge on any atom is -0.240 e. The molecular weight excluding hydrogens is 242 g/mol. The van der Waals surface area contributed by atoms with Gasteiger partial charge in [-0.2, -0.15) is 5.26 Å². The van der Waals surface area contributed by atoms with E-state index in [1.807, 2.05) is 6.07 Å². The highest BCUT2D eigenvalue weighted by molar-refractivity contribution is 9.10. The van der Waals surface area contributed by atoms with Crippen molar-refractivity contribution in [3.63, 3.8) is 0 Å². The third kappa shape index (κ3) is 2.46. The van der Waals surface area contributed by atoms with Crippen LogP contribution in [0.4, 0.5) is 8.78 Å². The van der Waals surface area contributed by atoms with Crippen molar-refractivity contribution < 1.29 is 8.78 Å². The van der Waals surface area contributed by atoms with Crippen LogP contribution in [0.3, 0.4) is 0 Å². The Morgan fingerprint density at radius 1 is 1.54 bits per heavy atom. The van der Waals surface area contributed by atoms with Gasteiger partial charge in [0.05, 0.1) is 12.5 Å². The predicted octanol–water partition coefficient (Wildman–Crippen LogP) is 2.85. The summed E-state index contributed by atoms with van der Waals surface area (Å²) in [6, 6.07) is 4.61. The van der Waals surface area contributed by atoms with Crippen LogP contribution < -0.4 is 0 Å². The largest absolute Gasteiger partial charge is 0.280 e. The number of pyridine rings is 1. The van der Waals surface area contributed by atoms with Crippen LogP contribution in [0.1, 0.15) is 17.7 Å². The van der Waals surface area contributed by atoms with Gasteiger partial charge in [-0.3, -0.25) is 0 Å². The summed E-state index contributed by atoms with van der Waals surface area (Å²) < 4.78 is 24.5. The van der Waals surface area contributed by atoms with E-state index in [4.69, 9.17) is 5.26 Å². The zero-order valence-electron chi connectivity index (χ0n) is 6.47. The van der Waals surface area contributed by atoms with Crippen LogP contribution in [0.15, 0.2) is 16.7 Å². The maximum absolute atomic E-state index is 12.1. The molecule has 5 heteroatoms. The summed E-state index contributed by atoms with van der Waals surface area (Å²) in [5.74, 6) is 0. The number of aromatic nitrogens is 1. The van der Waals surface area contributed by atoms with Crippen molar-refractivity contribution in [1.29, 1.82) is 5.26 Å². The zero-order valence-corrected chi connectivity index (χ0v) is 8.05. The Bertz CT molecular complexity index is 346. The van der Waals surface area contributed by atoms with E-state index >= 15 is 0 Å². The second kappa shape index (κ2) is 4.28. The first-order valence-corrected chi connectivity index (χ1v) is 4.25. The predicted molar refractivity (Wildman–Crippen MR) is 46.2 cm³/mol. The maximum atomic E-state index is 12.1. The molecule has 1 rings (SSSR count). The molecule has 1 heterocycles. The molecule has 0 fully saturated rings. The average Bonchev–Trinajstić information content (AvgIpc) is 2.08. The van der Waals surface area contributed by atoms with Crippen molar-refractivity contribution in [2.24, 2.45) is 0 Å². The second-order valence-corrected chi connectivity index (χ2v) is 3.07. The van der Waals surface area contributed by atoms with Crippen LogP contribution in [-0.2, 0) is 6.42 Å². The van der Waals surface area contributed by atoms with E-state index in [0.29, 0.717) is 10.2 Å². The Labute approximate surface area is 82.3 Å². The Hall–Kier alpha value is -1.02. The summed E-state index contributed by atoms with van der Waals surface area (Å²) in [4.78, 5) is 3.61. The molecule has 0 atom stereocenters. The van der Waals surface area contributed by atoms with E-state index in [9.17, 15) is 8.78 Å².